The molecule has 1 N–H and O–H groups in total. The van der Waals surface area contributed by atoms with Crippen LogP contribution in [0.25, 0.3) is 0 Å². The number of nitrogens with zero attached hydrogens (tertiary/aromatic N) is 2. The molecule has 1 aromatic heterocycles. The molecule has 1 heterocycles. The van der Waals surface area contributed by atoms with Gasteiger partial charge in [-0.05, 0) is 67.1 Å². The minimum absolute atomic E-state index is 0.0465. The number of hydrogen-bond acceptors (Lipinski definition) is 3. The van der Waals surface area contributed by atoms with E-state index in [2.05, 4.69) is 29.4 Å². The van der Waals surface area contributed by atoms with Crippen LogP contribution in [0.4, 0.5) is 5.69 Å². The van der Waals surface area contributed by atoms with Gasteiger partial charge in [-0.3, -0.25) is 4.79 Å². The molecule has 0 spiro atoms. The molecular weight excluding hydrogens is 350 g/mol. The summed E-state index contributed by atoms with van der Waals surface area (Å²) in [6.07, 6.45) is 7.69. The topological polar surface area (TPSA) is 56.1 Å². The summed E-state index contributed by atoms with van der Waals surface area (Å²) in [4.78, 5) is 16.3. The number of imidazole rings is 1. The molecule has 3 aromatic rings. The predicted molar refractivity (Wildman–Crippen MR) is 112 cm³/mol. The number of rotatable bonds is 8. The SMILES string of the molecule is COc1cc(C)c(CCCC(=O)Nc2ccc(Cn3ccnc3)cc2)cc1C. The molecule has 3 rings (SSSR count). The molecule has 0 unspecified atom stereocenters. The van der Waals surface area contributed by atoms with E-state index in [1.807, 2.05) is 42.0 Å². The quantitative estimate of drug-likeness (QED) is 0.628. The lowest BCUT2D eigenvalue weighted by Crippen LogP contribution is -2.11. The zero-order chi connectivity index (χ0) is 19.9. The Morgan fingerprint density at radius 2 is 1.93 bits per heavy atom. The van der Waals surface area contributed by atoms with Crippen molar-refractivity contribution in [1.29, 1.82) is 0 Å². The van der Waals surface area contributed by atoms with Crippen molar-refractivity contribution in [3.05, 3.63) is 77.4 Å². The number of aryl methyl sites for hydroxylation is 3. The minimum Gasteiger partial charge on any atom is -0.496 e. The van der Waals surface area contributed by atoms with Crippen molar-refractivity contribution in [1.82, 2.24) is 9.55 Å². The first-order valence-electron chi connectivity index (χ1n) is 9.54. The minimum atomic E-state index is 0.0465. The fourth-order valence-electron chi connectivity index (χ4n) is 3.29. The molecule has 0 saturated carbocycles. The number of amides is 1. The lowest BCUT2D eigenvalue weighted by Gasteiger charge is -2.11. The fraction of sp³-hybridized carbons (Fsp3) is 0.304. The molecular formula is C23H27N3O2. The van der Waals surface area contributed by atoms with Gasteiger partial charge in [-0.15, -0.1) is 0 Å². The summed E-state index contributed by atoms with van der Waals surface area (Å²) >= 11 is 0. The standard InChI is InChI=1S/C23H27N3O2/c1-17-14-22(28-3)18(2)13-20(17)5-4-6-23(27)25-21-9-7-19(8-10-21)15-26-12-11-24-16-26/h7-14,16H,4-6,15H2,1-3H3,(H,25,27). The van der Waals surface area contributed by atoms with Crippen LogP contribution in [0, 0.1) is 13.8 Å². The zero-order valence-electron chi connectivity index (χ0n) is 16.7. The molecule has 0 radical (unpaired) electrons. The monoisotopic (exact) mass is 377 g/mol. The van der Waals surface area contributed by atoms with E-state index in [4.69, 9.17) is 4.74 Å². The van der Waals surface area contributed by atoms with E-state index in [-0.39, 0.29) is 5.91 Å². The van der Waals surface area contributed by atoms with Gasteiger partial charge < -0.3 is 14.6 Å². The Morgan fingerprint density at radius 3 is 2.61 bits per heavy atom. The van der Waals surface area contributed by atoms with Gasteiger partial charge in [0.05, 0.1) is 13.4 Å². The molecule has 28 heavy (non-hydrogen) atoms. The van der Waals surface area contributed by atoms with Crippen LogP contribution in [-0.2, 0) is 17.8 Å². The van der Waals surface area contributed by atoms with E-state index < -0.39 is 0 Å². The number of methoxy groups -OCH3 is 1. The third-order valence-corrected chi connectivity index (χ3v) is 4.87. The van der Waals surface area contributed by atoms with E-state index in [0.717, 1.165) is 36.4 Å². The first kappa shape index (κ1) is 19.7. The summed E-state index contributed by atoms with van der Waals surface area (Å²) in [7, 11) is 1.69. The van der Waals surface area contributed by atoms with Crippen molar-refractivity contribution in [3.63, 3.8) is 0 Å². The van der Waals surface area contributed by atoms with Crippen LogP contribution in [0.3, 0.4) is 0 Å². The molecule has 5 nitrogen and oxygen atoms in total. The van der Waals surface area contributed by atoms with E-state index in [1.54, 1.807) is 19.6 Å². The Balaban J connectivity index is 1.47. The van der Waals surface area contributed by atoms with Crippen LogP contribution < -0.4 is 10.1 Å². The first-order chi connectivity index (χ1) is 13.5. The maximum atomic E-state index is 12.3. The largest absolute Gasteiger partial charge is 0.496 e. The number of anilines is 1. The highest BCUT2D eigenvalue weighted by molar-refractivity contribution is 5.90. The third-order valence-electron chi connectivity index (χ3n) is 4.87. The molecule has 0 saturated heterocycles. The van der Waals surface area contributed by atoms with Gasteiger partial charge in [-0.1, -0.05) is 18.2 Å². The maximum Gasteiger partial charge on any atom is 0.224 e. The Morgan fingerprint density at radius 1 is 1.14 bits per heavy atom. The highest BCUT2D eigenvalue weighted by atomic mass is 16.5. The number of nitrogens with one attached hydrogen (secondary N) is 1. The normalized spacial score (nSPS) is 10.7. The van der Waals surface area contributed by atoms with E-state index in [1.165, 1.54) is 16.7 Å². The molecule has 0 fully saturated rings. The van der Waals surface area contributed by atoms with Gasteiger partial charge in [0.2, 0.25) is 5.91 Å². The number of carbonyl (C=O) groups excluding carboxylic acids is 1. The molecule has 5 heteroatoms. The average Bonchev–Trinajstić information content (AvgIpc) is 3.19. The van der Waals surface area contributed by atoms with Crippen molar-refractivity contribution in [2.24, 2.45) is 0 Å². The van der Waals surface area contributed by atoms with Gasteiger partial charge in [-0.25, -0.2) is 4.98 Å². The maximum absolute atomic E-state index is 12.3. The van der Waals surface area contributed by atoms with E-state index in [9.17, 15) is 4.79 Å². The summed E-state index contributed by atoms with van der Waals surface area (Å²) < 4.78 is 7.37. The molecule has 2 aromatic carbocycles. The number of ether oxygens (including phenoxy) is 1. The van der Waals surface area contributed by atoms with Crippen LogP contribution >= 0.6 is 0 Å². The molecule has 0 aliphatic rings. The second-order valence-corrected chi connectivity index (χ2v) is 7.08. The van der Waals surface area contributed by atoms with E-state index in [0.29, 0.717) is 6.42 Å². The Labute approximate surface area is 166 Å². The molecule has 0 bridgehead atoms. The number of aromatic nitrogens is 2. The van der Waals surface area contributed by atoms with Gasteiger partial charge in [0.15, 0.2) is 0 Å². The fourth-order valence-corrected chi connectivity index (χ4v) is 3.29. The smallest absolute Gasteiger partial charge is 0.224 e. The van der Waals surface area contributed by atoms with Crippen LogP contribution in [0.1, 0.15) is 35.1 Å². The number of hydrogen-bond donors (Lipinski definition) is 1. The van der Waals surface area contributed by atoms with Crippen molar-refractivity contribution in [2.45, 2.75) is 39.7 Å². The summed E-state index contributed by atoms with van der Waals surface area (Å²) in [6, 6.07) is 12.2. The summed E-state index contributed by atoms with van der Waals surface area (Å²) in [5.41, 5.74) is 5.60. The highest BCUT2D eigenvalue weighted by Gasteiger charge is 2.07. The lowest BCUT2D eigenvalue weighted by atomic mass is 9.99. The lowest BCUT2D eigenvalue weighted by molar-refractivity contribution is -0.116. The van der Waals surface area contributed by atoms with Crippen molar-refractivity contribution in [2.75, 3.05) is 12.4 Å². The van der Waals surface area contributed by atoms with Crippen LogP contribution in [-0.4, -0.2) is 22.6 Å². The van der Waals surface area contributed by atoms with Gasteiger partial charge in [0, 0.05) is 31.0 Å². The van der Waals surface area contributed by atoms with Crippen molar-refractivity contribution in [3.8, 4) is 5.75 Å². The van der Waals surface area contributed by atoms with Crippen LogP contribution in [0.2, 0.25) is 0 Å². The number of benzene rings is 2. The van der Waals surface area contributed by atoms with Crippen LogP contribution in [0.15, 0.2) is 55.1 Å². The summed E-state index contributed by atoms with van der Waals surface area (Å²) in [5, 5.41) is 2.98. The molecule has 1 amide bonds. The Kier molecular flexibility index (Phi) is 6.48. The van der Waals surface area contributed by atoms with Crippen molar-refractivity contribution >= 4 is 11.6 Å². The van der Waals surface area contributed by atoms with Crippen LogP contribution in [0.5, 0.6) is 5.75 Å². The third kappa shape index (κ3) is 5.22. The molecule has 0 atom stereocenters. The molecule has 0 aliphatic carbocycles. The Bertz CT molecular complexity index is 916. The second-order valence-electron chi connectivity index (χ2n) is 7.08. The summed E-state index contributed by atoms with van der Waals surface area (Å²) in [5.74, 6) is 0.959. The summed E-state index contributed by atoms with van der Waals surface area (Å²) in [6.45, 7) is 4.91. The number of carbonyl (C=O) groups is 1. The van der Waals surface area contributed by atoms with E-state index >= 15 is 0 Å². The highest BCUT2D eigenvalue weighted by Crippen LogP contribution is 2.23. The Hall–Kier alpha value is -3.08. The van der Waals surface area contributed by atoms with Gasteiger partial charge in [0.25, 0.3) is 0 Å². The molecule has 146 valence electrons. The van der Waals surface area contributed by atoms with Crippen molar-refractivity contribution < 1.29 is 9.53 Å². The second kappa shape index (κ2) is 9.22. The first-order valence-corrected chi connectivity index (χ1v) is 9.54. The van der Waals surface area contributed by atoms with Gasteiger partial charge in [-0.2, -0.15) is 0 Å². The van der Waals surface area contributed by atoms with Gasteiger partial charge in [0.1, 0.15) is 5.75 Å². The zero-order valence-corrected chi connectivity index (χ0v) is 16.7. The molecule has 0 aliphatic heterocycles. The predicted octanol–water partition coefficient (Wildman–Crippen LogP) is 4.52. The van der Waals surface area contributed by atoms with Gasteiger partial charge >= 0.3 is 0 Å². The average molecular weight is 377 g/mol.